The van der Waals surface area contributed by atoms with E-state index in [-0.39, 0.29) is 12.5 Å². The topological polar surface area (TPSA) is 101 Å². The summed E-state index contributed by atoms with van der Waals surface area (Å²) in [6, 6.07) is 16.5. The largest absolute Gasteiger partial charge is 0.483 e. The molecule has 30 heavy (non-hydrogen) atoms. The Bertz CT molecular complexity index is 1270. The summed E-state index contributed by atoms with van der Waals surface area (Å²) in [7, 11) is 0. The average Bonchev–Trinajstić information content (AvgIpc) is 3.18. The Labute approximate surface area is 173 Å². The highest BCUT2D eigenvalue weighted by atomic mass is 16.5. The second kappa shape index (κ2) is 8.05. The number of carbonyl (C=O) groups is 1. The predicted molar refractivity (Wildman–Crippen MR) is 112 cm³/mol. The number of hydrogen-bond acceptors (Lipinski definition) is 6. The van der Waals surface area contributed by atoms with Crippen molar-refractivity contribution >= 4 is 22.7 Å². The number of aryl methyl sites for hydroxylation is 2. The van der Waals surface area contributed by atoms with Crippen LogP contribution in [0.2, 0.25) is 0 Å². The molecule has 2 aromatic carbocycles. The smallest absolute Gasteiger partial charge is 0.262 e. The molecule has 4 rings (SSSR count). The second-order valence-corrected chi connectivity index (χ2v) is 6.81. The summed E-state index contributed by atoms with van der Waals surface area (Å²) in [5, 5.41) is 11.8. The minimum absolute atomic E-state index is 0.0990. The average molecular weight is 398 g/mol. The van der Waals surface area contributed by atoms with Gasteiger partial charge in [0.05, 0.1) is 23.5 Å². The van der Waals surface area contributed by atoms with Gasteiger partial charge in [-0.2, -0.15) is 5.26 Å². The molecule has 0 saturated heterocycles. The molecule has 0 unspecified atom stereocenters. The fraction of sp³-hybridized carbons (Fsp3) is 0.130. The van der Waals surface area contributed by atoms with Gasteiger partial charge in [-0.3, -0.25) is 4.79 Å². The van der Waals surface area contributed by atoms with Crippen molar-refractivity contribution in [1.82, 2.24) is 9.97 Å². The third kappa shape index (κ3) is 3.98. The first kappa shape index (κ1) is 19.2. The van der Waals surface area contributed by atoms with Gasteiger partial charge in [-0.05, 0) is 55.3 Å². The molecule has 2 heterocycles. The summed E-state index contributed by atoms with van der Waals surface area (Å²) in [5.41, 5.74) is 4.62. The van der Waals surface area contributed by atoms with Crippen molar-refractivity contribution in [3.8, 4) is 23.4 Å². The molecule has 0 radical (unpaired) electrons. The number of pyridine rings is 1. The minimum atomic E-state index is -0.283. The quantitative estimate of drug-likeness (QED) is 0.535. The Morgan fingerprint density at radius 2 is 2.00 bits per heavy atom. The molecule has 0 aliphatic heterocycles. The summed E-state index contributed by atoms with van der Waals surface area (Å²) >= 11 is 0. The normalized spacial score (nSPS) is 10.6. The van der Waals surface area contributed by atoms with Gasteiger partial charge in [0.1, 0.15) is 17.0 Å². The Morgan fingerprint density at radius 3 is 2.73 bits per heavy atom. The maximum Gasteiger partial charge on any atom is 0.262 e. The van der Waals surface area contributed by atoms with Gasteiger partial charge in [0.15, 0.2) is 12.2 Å². The van der Waals surface area contributed by atoms with E-state index in [2.05, 4.69) is 21.4 Å². The van der Waals surface area contributed by atoms with Crippen molar-refractivity contribution in [1.29, 1.82) is 5.26 Å². The first-order valence-corrected chi connectivity index (χ1v) is 9.29. The van der Waals surface area contributed by atoms with Crippen LogP contribution in [0.1, 0.15) is 16.7 Å². The van der Waals surface area contributed by atoms with E-state index in [0.29, 0.717) is 39.7 Å². The molecule has 4 aromatic rings. The van der Waals surface area contributed by atoms with Gasteiger partial charge in [0, 0.05) is 0 Å². The molecule has 0 spiro atoms. The summed E-state index contributed by atoms with van der Waals surface area (Å²) in [6.45, 7) is 3.69. The Hall–Kier alpha value is -4.18. The van der Waals surface area contributed by atoms with E-state index in [0.717, 1.165) is 11.1 Å². The number of anilines is 1. The van der Waals surface area contributed by atoms with Crippen LogP contribution >= 0.6 is 0 Å². The number of nitrogens with one attached hydrogen (secondary N) is 1. The number of aromatic nitrogens is 2. The van der Waals surface area contributed by atoms with E-state index in [1.807, 2.05) is 38.1 Å². The maximum atomic E-state index is 12.1. The maximum absolute atomic E-state index is 12.1. The Kier molecular flexibility index (Phi) is 5.14. The van der Waals surface area contributed by atoms with Gasteiger partial charge in [-0.25, -0.2) is 9.97 Å². The standard InChI is InChI=1S/C23H18N4O3/c1-14-5-3-4-6-20(14)29-13-21(28)26-17-7-8-18(25-12-17)23-27-19-10-16(11-24)9-15(2)22(19)30-23/h3-10,12H,13H2,1-2H3,(H,26,28). The third-order valence-corrected chi connectivity index (χ3v) is 4.52. The highest BCUT2D eigenvalue weighted by Crippen LogP contribution is 2.27. The van der Waals surface area contributed by atoms with Crippen molar-refractivity contribution < 1.29 is 13.9 Å². The molecule has 1 N–H and O–H groups in total. The molecule has 0 aliphatic rings. The third-order valence-electron chi connectivity index (χ3n) is 4.52. The van der Waals surface area contributed by atoms with Crippen LogP contribution in [0.3, 0.4) is 0 Å². The highest BCUT2D eigenvalue weighted by Gasteiger charge is 2.13. The Morgan fingerprint density at radius 1 is 1.17 bits per heavy atom. The molecule has 7 heteroatoms. The first-order chi connectivity index (χ1) is 14.5. The predicted octanol–water partition coefficient (Wildman–Crippen LogP) is 4.40. The van der Waals surface area contributed by atoms with Crippen molar-refractivity contribution in [3.63, 3.8) is 0 Å². The first-order valence-electron chi connectivity index (χ1n) is 9.29. The van der Waals surface area contributed by atoms with Crippen LogP contribution in [0.25, 0.3) is 22.7 Å². The number of carbonyl (C=O) groups excluding carboxylic acids is 1. The van der Waals surface area contributed by atoms with Crippen LogP contribution in [0.4, 0.5) is 5.69 Å². The molecule has 0 aliphatic carbocycles. The number of oxazole rings is 1. The molecule has 2 aromatic heterocycles. The fourth-order valence-electron chi connectivity index (χ4n) is 3.03. The SMILES string of the molecule is Cc1ccccc1OCC(=O)Nc1ccc(-c2nc3cc(C#N)cc(C)c3o2)nc1. The summed E-state index contributed by atoms with van der Waals surface area (Å²) in [5.74, 6) is 0.741. The van der Waals surface area contributed by atoms with Crippen LogP contribution < -0.4 is 10.1 Å². The lowest BCUT2D eigenvalue weighted by Gasteiger charge is -2.09. The molecule has 0 saturated carbocycles. The van der Waals surface area contributed by atoms with Crippen LogP contribution in [-0.2, 0) is 4.79 Å². The summed E-state index contributed by atoms with van der Waals surface area (Å²) in [4.78, 5) is 20.9. The van der Waals surface area contributed by atoms with Gasteiger partial charge >= 0.3 is 0 Å². The number of amides is 1. The van der Waals surface area contributed by atoms with Crippen molar-refractivity contribution in [2.24, 2.45) is 0 Å². The zero-order chi connectivity index (χ0) is 21.1. The van der Waals surface area contributed by atoms with E-state index >= 15 is 0 Å². The van der Waals surface area contributed by atoms with Crippen molar-refractivity contribution in [2.45, 2.75) is 13.8 Å². The van der Waals surface area contributed by atoms with E-state index in [1.54, 1.807) is 24.3 Å². The molecule has 7 nitrogen and oxygen atoms in total. The number of rotatable bonds is 5. The molecular formula is C23H18N4O3. The number of ether oxygens (including phenoxy) is 1. The molecule has 1 amide bonds. The van der Waals surface area contributed by atoms with E-state index in [1.165, 1.54) is 6.20 Å². The number of nitriles is 1. The van der Waals surface area contributed by atoms with E-state index < -0.39 is 0 Å². The fourth-order valence-corrected chi connectivity index (χ4v) is 3.03. The van der Waals surface area contributed by atoms with Crippen LogP contribution in [0.5, 0.6) is 5.75 Å². The monoisotopic (exact) mass is 398 g/mol. The minimum Gasteiger partial charge on any atom is -0.483 e. The lowest BCUT2D eigenvalue weighted by Crippen LogP contribution is -2.20. The molecule has 0 bridgehead atoms. The number of hydrogen-bond donors (Lipinski definition) is 1. The lowest BCUT2D eigenvalue weighted by molar-refractivity contribution is -0.118. The van der Waals surface area contributed by atoms with Gasteiger partial charge in [-0.1, -0.05) is 18.2 Å². The molecule has 148 valence electrons. The van der Waals surface area contributed by atoms with Crippen molar-refractivity contribution in [2.75, 3.05) is 11.9 Å². The lowest BCUT2D eigenvalue weighted by atomic mass is 10.1. The Balaban J connectivity index is 1.45. The molecule has 0 fully saturated rings. The van der Waals surface area contributed by atoms with E-state index in [9.17, 15) is 4.79 Å². The van der Waals surface area contributed by atoms with E-state index in [4.69, 9.17) is 14.4 Å². The van der Waals surface area contributed by atoms with Crippen LogP contribution in [0, 0.1) is 25.2 Å². The number of nitrogens with zero attached hydrogens (tertiary/aromatic N) is 3. The van der Waals surface area contributed by atoms with Gasteiger partial charge in [0.2, 0.25) is 5.89 Å². The summed E-state index contributed by atoms with van der Waals surface area (Å²) < 4.78 is 11.4. The number of benzene rings is 2. The number of para-hydroxylation sites is 1. The van der Waals surface area contributed by atoms with Gasteiger partial charge in [0.25, 0.3) is 5.91 Å². The van der Waals surface area contributed by atoms with Crippen LogP contribution in [0.15, 0.2) is 59.1 Å². The van der Waals surface area contributed by atoms with Crippen LogP contribution in [-0.4, -0.2) is 22.5 Å². The van der Waals surface area contributed by atoms with Crippen molar-refractivity contribution in [3.05, 3.63) is 71.4 Å². The highest BCUT2D eigenvalue weighted by molar-refractivity contribution is 5.91. The zero-order valence-corrected chi connectivity index (χ0v) is 16.5. The molecular weight excluding hydrogens is 380 g/mol. The van der Waals surface area contributed by atoms with Gasteiger partial charge in [-0.15, -0.1) is 0 Å². The second-order valence-electron chi connectivity index (χ2n) is 6.81. The van der Waals surface area contributed by atoms with Gasteiger partial charge < -0.3 is 14.5 Å². The molecule has 0 atom stereocenters. The summed E-state index contributed by atoms with van der Waals surface area (Å²) in [6.07, 6.45) is 1.53. The zero-order valence-electron chi connectivity index (χ0n) is 16.5. The number of fused-ring (bicyclic) bond motifs is 1.